The van der Waals surface area contributed by atoms with E-state index in [1.54, 1.807) is 10.7 Å². The van der Waals surface area contributed by atoms with Gasteiger partial charge in [-0.2, -0.15) is 5.10 Å². The molecule has 2 aromatic heterocycles. The first-order valence-corrected chi connectivity index (χ1v) is 4.80. The molecule has 0 radical (unpaired) electrons. The van der Waals surface area contributed by atoms with Crippen molar-refractivity contribution in [1.82, 2.24) is 14.6 Å². The van der Waals surface area contributed by atoms with Crippen molar-refractivity contribution >= 4 is 5.65 Å². The van der Waals surface area contributed by atoms with Crippen LogP contribution >= 0.6 is 0 Å². The third kappa shape index (κ3) is 1.61. The second kappa shape index (κ2) is 3.75. The smallest absolute Gasteiger partial charge is 0.154 e. The SMILES string of the molecule is CC(CCN)c1cnc2ccnn2c1. The van der Waals surface area contributed by atoms with Gasteiger partial charge in [-0.1, -0.05) is 6.92 Å². The highest BCUT2D eigenvalue weighted by Gasteiger charge is 2.06. The monoisotopic (exact) mass is 190 g/mol. The van der Waals surface area contributed by atoms with Gasteiger partial charge in [0.05, 0.1) is 6.20 Å². The van der Waals surface area contributed by atoms with Gasteiger partial charge in [0.15, 0.2) is 5.65 Å². The molecule has 0 aliphatic carbocycles. The minimum atomic E-state index is 0.445. The minimum absolute atomic E-state index is 0.445. The third-order valence-corrected chi connectivity index (χ3v) is 2.44. The fourth-order valence-electron chi connectivity index (χ4n) is 1.50. The Labute approximate surface area is 82.8 Å². The molecule has 4 nitrogen and oxygen atoms in total. The highest BCUT2D eigenvalue weighted by molar-refractivity contribution is 5.36. The standard InChI is InChI=1S/C10H14N4/c1-8(2-4-11)9-6-12-10-3-5-13-14(10)7-9/h3,5-8H,2,4,11H2,1H3. The molecule has 0 spiro atoms. The molecular formula is C10H14N4. The number of nitrogens with zero attached hydrogens (tertiary/aromatic N) is 3. The maximum Gasteiger partial charge on any atom is 0.154 e. The zero-order chi connectivity index (χ0) is 9.97. The first kappa shape index (κ1) is 9.15. The lowest BCUT2D eigenvalue weighted by molar-refractivity contribution is 0.679. The fourth-order valence-corrected chi connectivity index (χ4v) is 1.50. The number of hydrogen-bond acceptors (Lipinski definition) is 3. The van der Waals surface area contributed by atoms with Gasteiger partial charge < -0.3 is 5.73 Å². The van der Waals surface area contributed by atoms with E-state index >= 15 is 0 Å². The molecular weight excluding hydrogens is 176 g/mol. The maximum atomic E-state index is 5.52. The van der Waals surface area contributed by atoms with Crippen LogP contribution in [0, 0.1) is 0 Å². The summed E-state index contributed by atoms with van der Waals surface area (Å²) in [5, 5.41) is 4.14. The molecule has 0 saturated heterocycles. The lowest BCUT2D eigenvalue weighted by Crippen LogP contribution is -2.06. The molecule has 0 aliphatic rings. The van der Waals surface area contributed by atoms with Crippen molar-refractivity contribution in [2.24, 2.45) is 5.73 Å². The Balaban J connectivity index is 2.33. The number of fused-ring (bicyclic) bond motifs is 1. The van der Waals surface area contributed by atoms with Gasteiger partial charge in [0, 0.05) is 18.5 Å². The van der Waals surface area contributed by atoms with Gasteiger partial charge >= 0.3 is 0 Å². The Morgan fingerprint density at radius 3 is 3.21 bits per heavy atom. The summed E-state index contributed by atoms with van der Waals surface area (Å²) in [6.07, 6.45) is 6.65. The van der Waals surface area contributed by atoms with E-state index in [2.05, 4.69) is 17.0 Å². The van der Waals surface area contributed by atoms with Crippen molar-refractivity contribution in [3.05, 3.63) is 30.2 Å². The van der Waals surface area contributed by atoms with Crippen molar-refractivity contribution in [2.75, 3.05) is 6.54 Å². The zero-order valence-electron chi connectivity index (χ0n) is 8.22. The van der Waals surface area contributed by atoms with Crippen LogP contribution < -0.4 is 5.73 Å². The van der Waals surface area contributed by atoms with Gasteiger partial charge in [-0.3, -0.25) is 0 Å². The third-order valence-electron chi connectivity index (χ3n) is 2.44. The lowest BCUT2D eigenvalue weighted by atomic mass is 10.0. The summed E-state index contributed by atoms with van der Waals surface area (Å²) in [6, 6.07) is 1.89. The van der Waals surface area contributed by atoms with Crippen LogP contribution in [0.1, 0.15) is 24.8 Å². The van der Waals surface area contributed by atoms with Crippen molar-refractivity contribution in [3.8, 4) is 0 Å². The van der Waals surface area contributed by atoms with Crippen LogP contribution in [0.3, 0.4) is 0 Å². The largest absolute Gasteiger partial charge is 0.330 e. The van der Waals surface area contributed by atoms with E-state index in [0.29, 0.717) is 12.5 Å². The van der Waals surface area contributed by atoms with Gasteiger partial charge in [-0.15, -0.1) is 0 Å². The van der Waals surface area contributed by atoms with Crippen molar-refractivity contribution < 1.29 is 0 Å². The van der Waals surface area contributed by atoms with Crippen molar-refractivity contribution in [1.29, 1.82) is 0 Å². The first-order chi connectivity index (χ1) is 6.81. The highest BCUT2D eigenvalue weighted by atomic mass is 15.2. The summed E-state index contributed by atoms with van der Waals surface area (Å²) < 4.78 is 1.79. The van der Waals surface area contributed by atoms with E-state index in [9.17, 15) is 0 Å². The average Bonchev–Trinajstić information content (AvgIpc) is 2.64. The molecule has 1 unspecified atom stereocenters. The summed E-state index contributed by atoms with van der Waals surface area (Å²) in [5.74, 6) is 0.445. The van der Waals surface area contributed by atoms with Crippen LogP contribution in [-0.4, -0.2) is 21.1 Å². The minimum Gasteiger partial charge on any atom is -0.330 e. The summed E-state index contributed by atoms with van der Waals surface area (Å²) in [6.45, 7) is 2.86. The Morgan fingerprint density at radius 2 is 2.43 bits per heavy atom. The van der Waals surface area contributed by atoms with Crippen LogP contribution in [0.2, 0.25) is 0 Å². The van der Waals surface area contributed by atoms with Crippen LogP contribution in [0.25, 0.3) is 5.65 Å². The van der Waals surface area contributed by atoms with Crippen molar-refractivity contribution in [3.63, 3.8) is 0 Å². The van der Waals surface area contributed by atoms with Crippen molar-refractivity contribution in [2.45, 2.75) is 19.3 Å². The van der Waals surface area contributed by atoms with Gasteiger partial charge in [0.1, 0.15) is 0 Å². The quantitative estimate of drug-likeness (QED) is 0.790. The molecule has 0 saturated carbocycles. The molecule has 2 aromatic rings. The van der Waals surface area contributed by atoms with Gasteiger partial charge in [-0.05, 0) is 24.4 Å². The molecule has 14 heavy (non-hydrogen) atoms. The second-order valence-corrected chi connectivity index (χ2v) is 3.50. The Kier molecular flexibility index (Phi) is 2.45. The molecule has 0 fully saturated rings. The molecule has 1 atom stereocenters. The number of rotatable bonds is 3. The van der Waals surface area contributed by atoms with E-state index < -0.39 is 0 Å². The predicted molar refractivity (Wildman–Crippen MR) is 55.1 cm³/mol. The first-order valence-electron chi connectivity index (χ1n) is 4.80. The van der Waals surface area contributed by atoms with E-state index in [1.165, 1.54) is 5.56 Å². The second-order valence-electron chi connectivity index (χ2n) is 3.50. The van der Waals surface area contributed by atoms with E-state index in [-0.39, 0.29) is 0 Å². The van der Waals surface area contributed by atoms with Crippen LogP contribution in [0.5, 0.6) is 0 Å². The summed E-state index contributed by atoms with van der Waals surface area (Å²) in [7, 11) is 0. The molecule has 2 N–H and O–H groups in total. The van der Waals surface area contributed by atoms with E-state index in [4.69, 9.17) is 5.73 Å². The molecule has 0 bridgehead atoms. The molecule has 2 heterocycles. The summed E-state index contributed by atoms with van der Waals surface area (Å²) in [5.41, 5.74) is 7.59. The van der Waals surface area contributed by atoms with Crippen LogP contribution in [0.4, 0.5) is 0 Å². The maximum absolute atomic E-state index is 5.52. The zero-order valence-corrected chi connectivity index (χ0v) is 8.22. The highest BCUT2D eigenvalue weighted by Crippen LogP contribution is 2.17. The Hall–Kier alpha value is -1.42. The molecule has 74 valence electrons. The molecule has 0 aromatic carbocycles. The fraction of sp³-hybridized carbons (Fsp3) is 0.400. The van der Waals surface area contributed by atoms with Gasteiger partial charge in [0.25, 0.3) is 0 Å². The summed E-state index contributed by atoms with van der Waals surface area (Å²) in [4.78, 5) is 4.30. The molecule has 2 rings (SSSR count). The topological polar surface area (TPSA) is 56.2 Å². The normalized spacial score (nSPS) is 13.3. The van der Waals surface area contributed by atoms with E-state index in [1.807, 2.05) is 18.5 Å². The molecule has 0 aliphatic heterocycles. The Morgan fingerprint density at radius 1 is 1.57 bits per heavy atom. The lowest BCUT2D eigenvalue weighted by Gasteiger charge is -2.09. The van der Waals surface area contributed by atoms with Crippen LogP contribution in [0.15, 0.2) is 24.7 Å². The van der Waals surface area contributed by atoms with Crippen LogP contribution in [-0.2, 0) is 0 Å². The van der Waals surface area contributed by atoms with Gasteiger partial charge in [0.2, 0.25) is 0 Å². The molecule has 0 amide bonds. The average molecular weight is 190 g/mol. The Bertz CT molecular complexity index is 421. The van der Waals surface area contributed by atoms with Gasteiger partial charge in [-0.25, -0.2) is 9.50 Å². The number of nitrogens with two attached hydrogens (primary N) is 1. The van der Waals surface area contributed by atoms with E-state index in [0.717, 1.165) is 12.1 Å². The number of hydrogen-bond donors (Lipinski definition) is 1. The summed E-state index contributed by atoms with van der Waals surface area (Å²) >= 11 is 0. The predicted octanol–water partition coefficient (Wildman–Crippen LogP) is 1.18. The molecule has 4 heteroatoms. The number of aromatic nitrogens is 3.